The van der Waals surface area contributed by atoms with Gasteiger partial charge in [0.25, 0.3) is 0 Å². The maximum absolute atomic E-state index is 11.4. The Morgan fingerprint density at radius 3 is 2.56 bits per heavy atom. The van der Waals surface area contributed by atoms with E-state index in [0.29, 0.717) is 6.54 Å². The third kappa shape index (κ3) is 6.00. The highest BCUT2D eigenvalue weighted by atomic mass is 16.5. The van der Waals surface area contributed by atoms with Gasteiger partial charge in [-0.15, -0.1) is 0 Å². The molecule has 1 aromatic carbocycles. The van der Waals surface area contributed by atoms with Crippen molar-refractivity contribution in [1.82, 2.24) is 5.32 Å². The minimum atomic E-state index is -0.327. The fourth-order valence-corrected chi connectivity index (χ4v) is 1.33. The molecule has 0 aromatic heterocycles. The molecule has 0 aliphatic carbocycles. The van der Waals surface area contributed by atoms with Crippen LogP contribution in [0.15, 0.2) is 30.3 Å². The quantitative estimate of drug-likeness (QED) is 0.694. The number of carbonyl (C=O) groups is 2. The Hall–Kier alpha value is -1.88. The molecule has 5 nitrogen and oxygen atoms in total. The average molecular weight is 250 g/mol. The van der Waals surface area contributed by atoms with Crippen molar-refractivity contribution in [3.05, 3.63) is 35.9 Å². The van der Waals surface area contributed by atoms with E-state index < -0.39 is 0 Å². The van der Waals surface area contributed by atoms with Crippen molar-refractivity contribution in [3.63, 3.8) is 0 Å². The van der Waals surface area contributed by atoms with Crippen LogP contribution in [-0.2, 0) is 20.9 Å². The van der Waals surface area contributed by atoms with Crippen molar-refractivity contribution in [3.8, 4) is 0 Å². The van der Waals surface area contributed by atoms with Crippen molar-refractivity contribution in [2.24, 2.45) is 5.73 Å². The molecule has 1 amide bonds. The molecular weight excluding hydrogens is 232 g/mol. The van der Waals surface area contributed by atoms with Crippen LogP contribution in [0.4, 0.5) is 0 Å². The van der Waals surface area contributed by atoms with Crippen molar-refractivity contribution in [1.29, 1.82) is 0 Å². The van der Waals surface area contributed by atoms with E-state index in [1.165, 1.54) is 0 Å². The zero-order chi connectivity index (χ0) is 13.2. The molecule has 0 spiro atoms. The van der Waals surface area contributed by atoms with Gasteiger partial charge in [-0.1, -0.05) is 30.3 Å². The molecule has 0 saturated carbocycles. The van der Waals surface area contributed by atoms with Crippen LogP contribution in [0.2, 0.25) is 0 Å². The number of benzene rings is 1. The second-order valence-corrected chi connectivity index (χ2v) is 3.78. The molecule has 0 radical (unpaired) electrons. The zero-order valence-corrected chi connectivity index (χ0v) is 10.2. The maximum atomic E-state index is 11.4. The first-order valence-corrected chi connectivity index (χ1v) is 5.88. The van der Waals surface area contributed by atoms with Crippen molar-refractivity contribution < 1.29 is 14.3 Å². The summed E-state index contributed by atoms with van der Waals surface area (Å²) in [6, 6.07) is 9.44. The number of rotatable bonds is 7. The first kappa shape index (κ1) is 14.2. The third-order valence-corrected chi connectivity index (χ3v) is 2.27. The van der Waals surface area contributed by atoms with Crippen molar-refractivity contribution in [2.75, 3.05) is 13.1 Å². The van der Waals surface area contributed by atoms with E-state index in [4.69, 9.17) is 10.5 Å². The summed E-state index contributed by atoms with van der Waals surface area (Å²) < 4.78 is 5.05. The highest BCUT2D eigenvalue weighted by molar-refractivity contribution is 5.77. The molecule has 0 heterocycles. The fourth-order valence-electron chi connectivity index (χ4n) is 1.33. The number of carbonyl (C=O) groups excluding carboxylic acids is 2. The number of ether oxygens (including phenoxy) is 1. The summed E-state index contributed by atoms with van der Waals surface area (Å²) >= 11 is 0. The van der Waals surface area contributed by atoms with Crippen LogP contribution < -0.4 is 11.1 Å². The second-order valence-electron chi connectivity index (χ2n) is 3.78. The van der Waals surface area contributed by atoms with E-state index in [2.05, 4.69) is 5.32 Å². The number of hydrogen-bond acceptors (Lipinski definition) is 4. The van der Waals surface area contributed by atoms with Gasteiger partial charge in [-0.2, -0.15) is 0 Å². The van der Waals surface area contributed by atoms with E-state index in [-0.39, 0.29) is 37.9 Å². The Morgan fingerprint density at radius 1 is 1.17 bits per heavy atom. The number of esters is 1. The van der Waals surface area contributed by atoms with Gasteiger partial charge in [0.15, 0.2) is 0 Å². The Labute approximate surface area is 106 Å². The molecule has 5 heteroatoms. The van der Waals surface area contributed by atoms with Gasteiger partial charge >= 0.3 is 5.97 Å². The average Bonchev–Trinajstić information content (AvgIpc) is 2.38. The summed E-state index contributed by atoms with van der Waals surface area (Å²) in [7, 11) is 0. The molecule has 1 rings (SSSR count). The van der Waals surface area contributed by atoms with Crippen LogP contribution in [-0.4, -0.2) is 25.0 Å². The minimum Gasteiger partial charge on any atom is -0.461 e. The number of nitrogens with two attached hydrogens (primary N) is 1. The monoisotopic (exact) mass is 250 g/mol. The Morgan fingerprint density at radius 2 is 1.89 bits per heavy atom. The van der Waals surface area contributed by atoms with Gasteiger partial charge < -0.3 is 15.8 Å². The molecular formula is C13H18N2O3. The summed E-state index contributed by atoms with van der Waals surface area (Å²) in [5, 5.41) is 2.59. The molecule has 0 bridgehead atoms. The molecule has 0 aliphatic rings. The molecule has 0 atom stereocenters. The predicted octanol–water partition coefficient (Wildman–Crippen LogP) is 0.585. The van der Waals surface area contributed by atoms with Gasteiger partial charge in [-0.05, 0) is 5.56 Å². The normalized spacial score (nSPS) is 9.83. The standard InChI is InChI=1S/C13H18N2O3/c14-8-6-12(16)15-9-7-13(17)18-10-11-4-2-1-3-5-11/h1-5H,6-10,14H2,(H,15,16). The topological polar surface area (TPSA) is 81.4 Å². The van der Waals surface area contributed by atoms with Crippen LogP contribution in [0, 0.1) is 0 Å². The first-order valence-electron chi connectivity index (χ1n) is 5.88. The van der Waals surface area contributed by atoms with Gasteiger partial charge in [-0.25, -0.2) is 0 Å². The lowest BCUT2D eigenvalue weighted by Gasteiger charge is -2.06. The number of nitrogens with one attached hydrogen (secondary N) is 1. The Balaban J connectivity index is 2.13. The minimum absolute atomic E-state index is 0.145. The van der Waals surface area contributed by atoms with Gasteiger partial charge in [0.05, 0.1) is 6.42 Å². The van der Waals surface area contributed by atoms with Crippen LogP contribution in [0.25, 0.3) is 0 Å². The number of hydrogen-bond donors (Lipinski definition) is 2. The molecule has 0 saturated heterocycles. The second kappa shape index (κ2) is 8.25. The maximum Gasteiger partial charge on any atom is 0.307 e. The largest absolute Gasteiger partial charge is 0.461 e. The highest BCUT2D eigenvalue weighted by Crippen LogP contribution is 2.01. The van der Waals surface area contributed by atoms with Crippen LogP contribution in [0.3, 0.4) is 0 Å². The third-order valence-electron chi connectivity index (χ3n) is 2.27. The molecule has 18 heavy (non-hydrogen) atoms. The van der Waals surface area contributed by atoms with E-state index in [1.54, 1.807) is 0 Å². The molecule has 1 aromatic rings. The van der Waals surface area contributed by atoms with Gasteiger partial charge in [0.2, 0.25) is 5.91 Å². The summed E-state index contributed by atoms with van der Waals surface area (Å²) in [4.78, 5) is 22.4. The highest BCUT2D eigenvalue weighted by Gasteiger charge is 2.04. The van der Waals surface area contributed by atoms with Crippen molar-refractivity contribution >= 4 is 11.9 Å². The lowest BCUT2D eigenvalue weighted by atomic mass is 10.2. The zero-order valence-electron chi connectivity index (χ0n) is 10.2. The summed E-state index contributed by atoms with van der Waals surface area (Å²) in [5.74, 6) is -0.472. The van der Waals surface area contributed by atoms with Crippen LogP contribution >= 0.6 is 0 Å². The molecule has 0 unspecified atom stereocenters. The first-order chi connectivity index (χ1) is 8.72. The van der Waals surface area contributed by atoms with E-state index >= 15 is 0 Å². The summed E-state index contributed by atoms with van der Waals surface area (Å²) in [5.41, 5.74) is 6.16. The molecule has 0 fully saturated rings. The van der Waals surface area contributed by atoms with Gasteiger partial charge in [-0.3, -0.25) is 9.59 Å². The summed E-state index contributed by atoms with van der Waals surface area (Å²) in [6.07, 6.45) is 0.447. The molecule has 0 aliphatic heterocycles. The van der Waals surface area contributed by atoms with Crippen LogP contribution in [0.5, 0.6) is 0 Å². The summed E-state index contributed by atoms with van der Waals surface area (Å²) in [6.45, 7) is 0.854. The van der Waals surface area contributed by atoms with Gasteiger partial charge in [0.1, 0.15) is 6.61 Å². The van der Waals surface area contributed by atoms with Gasteiger partial charge in [0, 0.05) is 19.5 Å². The van der Waals surface area contributed by atoms with E-state index in [0.717, 1.165) is 5.56 Å². The lowest BCUT2D eigenvalue weighted by molar-refractivity contribution is -0.144. The Bertz CT molecular complexity index is 379. The number of amides is 1. The fraction of sp³-hybridized carbons (Fsp3) is 0.385. The molecule has 98 valence electrons. The SMILES string of the molecule is NCCC(=O)NCCC(=O)OCc1ccccc1. The lowest BCUT2D eigenvalue weighted by Crippen LogP contribution is -2.28. The van der Waals surface area contributed by atoms with E-state index in [1.807, 2.05) is 30.3 Å². The van der Waals surface area contributed by atoms with Crippen molar-refractivity contribution in [2.45, 2.75) is 19.4 Å². The van der Waals surface area contributed by atoms with Crippen LogP contribution in [0.1, 0.15) is 18.4 Å². The Kier molecular flexibility index (Phi) is 6.50. The predicted molar refractivity (Wildman–Crippen MR) is 67.5 cm³/mol. The molecule has 3 N–H and O–H groups in total. The smallest absolute Gasteiger partial charge is 0.307 e. The van der Waals surface area contributed by atoms with E-state index in [9.17, 15) is 9.59 Å².